The van der Waals surface area contributed by atoms with E-state index in [0.717, 1.165) is 16.9 Å². The number of halogens is 1. The first-order chi connectivity index (χ1) is 11.2. The second-order valence-electron chi connectivity index (χ2n) is 5.29. The molecule has 112 valence electrons. The third kappa shape index (κ3) is 3.07. The van der Waals surface area contributed by atoms with Crippen LogP contribution in [0.2, 0.25) is 0 Å². The SMILES string of the molecule is Cc1cccc(-n2cccc2/C=C(/C#N)c2ccccc2F)c1. The smallest absolute Gasteiger partial charge is 0.131 e. The molecule has 2 nitrogen and oxygen atoms in total. The average molecular weight is 302 g/mol. The maximum absolute atomic E-state index is 13.9. The maximum Gasteiger partial charge on any atom is 0.131 e. The molecule has 0 aliphatic rings. The van der Waals surface area contributed by atoms with Crippen molar-refractivity contribution in [3.8, 4) is 11.8 Å². The van der Waals surface area contributed by atoms with Crippen LogP contribution < -0.4 is 0 Å². The molecule has 23 heavy (non-hydrogen) atoms. The van der Waals surface area contributed by atoms with Gasteiger partial charge < -0.3 is 4.57 Å². The highest BCUT2D eigenvalue weighted by atomic mass is 19.1. The Morgan fingerprint density at radius 1 is 1.09 bits per heavy atom. The zero-order valence-corrected chi connectivity index (χ0v) is 12.7. The Morgan fingerprint density at radius 2 is 1.91 bits per heavy atom. The van der Waals surface area contributed by atoms with Crippen molar-refractivity contribution in [3.63, 3.8) is 0 Å². The Kier molecular flexibility index (Phi) is 4.07. The van der Waals surface area contributed by atoms with E-state index in [1.165, 1.54) is 6.07 Å². The molecule has 0 fully saturated rings. The van der Waals surface area contributed by atoms with Gasteiger partial charge in [0.2, 0.25) is 0 Å². The van der Waals surface area contributed by atoms with Gasteiger partial charge in [0.15, 0.2) is 0 Å². The summed E-state index contributed by atoms with van der Waals surface area (Å²) in [6, 6.07) is 20.3. The second-order valence-corrected chi connectivity index (χ2v) is 5.29. The monoisotopic (exact) mass is 302 g/mol. The van der Waals surface area contributed by atoms with Gasteiger partial charge in [-0.05, 0) is 48.9 Å². The maximum atomic E-state index is 13.9. The molecule has 0 unspecified atom stereocenters. The van der Waals surface area contributed by atoms with Crippen LogP contribution in [0.25, 0.3) is 17.3 Å². The first kappa shape index (κ1) is 14.8. The molecule has 0 aliphatic carbocycles. The van der Waals surface area contributed by atoms with Gasteiger partial charge in [0, 0.05) is 23.1 Å². The number of rotatable bonds is 3. The van der Waals surface area contributed by atoms with Crippen LogP contribution in [0.1, 0.15) is 16.8 Å². The molecule has 1 heterocycles. The van der Waals surface area contributed by atoms with E-state index in [1.807, 2.05) is 48.0 Å². The summed E-state index contributed by atoms with van der Waals surface area (Å²) in [5, 5.41) is 9.41. The highest BCUT2D eigenvalue weighted by Crippen LogP contribution is 2.22. The topological polar surface area (TPSA) is 28.7 Å². The van der Waals surface area contributed by atoms with Gasteiger partial charge in [0.05, 0.1) is 11.6 Å². The molecule has 3 heteroatoms. The standard InChI is InChI=1S/C20H15FN2/c1-15-6-4-7-17(12-15)23-11-5-8-18(23)13-16(14-22)19-9-2-3-10-20(19)21/h2-13H,1H3/b16-13-. The molecule has 0 saturated carbocycles. The molecule has 0 spiro atoms. The van der Waals surface area contributed by atoms with Crippen LogP contribution in [0.4, 0.5) is 4.39 Å². The average Bonchev–Trinajstić information content (AvgIpc) is 3.01. The minimum atomic E-state index is -0.394. The fourth-order valence-corrected chi connectivity index (χ4v) is 2.52. The van der Waals surface area contributed by atoms with Crippen molar-refractivity contribution in [1.29, 1.82) is 5.26 Å². The molecular formula is C20H15FN2. The van der Waals surface area contributed by atoms with Gasteiger partial charge in [0.25, 0.3) is 0 Å². The Hall–Kier alpha value is -3.12. The van der Waals surface area contributed by atoms with Crippen LogP contribution in [0.5, 0.6) is 0 Å². The van der Waals surface area contributed by atoms with Crippen LogP contribution in [0.3, 0.4) is 0 Å². The summed E-state index contributed by atoms with van der Waals surface area (Å²) < 4.78 is 15.9. The molecule has 3 aromatic rings. The van der Waals surface area contributed by atoms with Crippen molar-refractivity contribution >= 4 is 11.6 Å². The van der Waals surface area contributed by atoms with E-state index in [2.05, 4.69) is 12.1 Å². The van der Waals surface area contributed by atoms with Crippen molar-refractivity contribution in [2.24, 2.45) is 0 Å². The number of aromatic nitrogens is 1. The molecule has 0 amide bonds. The zero-order chi connectivity index (χ0) is 16.2. The van der Waals surface area contributed by atoms with Crippen LogP contribution in [-0.4, -0.2) is 4.57 Å². The van der Waals surface area contributed by atoms with Crippen LogP contribution in [-0.2, 0) is 0 Å². The first-order valence-corrected chi connectivity index (χ1v) is 7.30. The molecule has 0 saturated heterocycles. The number of nitrogens with zero attached hydrogens (tertiary/aromatic N) is 2. The largest absolute Gasteiger partial charge is 0.317 e. The molecule has 2 aromatic carbocycles. The van der Waals surface area contributed by atoms with E-state index < -0.39 is 5.82 Å². The molecule has 1 aromatic heterocycles. The van der Waals surface area contributed by atoms with E-state index in [9.17, 15) is 9.65 Å². The van der Waals surface area contributed by atoms with Crippen molar-refractivity contribution in [2.45, 2.75) is 6.92 Å². The fourth-order valence-electron chi connectivity index (χ4n) is 2.52. The number of aryl methyl sites for hydroxylation is 1. The van der Waals surface area contributed by atoms with E-state index in [0.29, 0.717) is 11.1 Å². The number of allylic oxidation sites excluding steroid dienone is 1. The van der Waals surface area contributed by atoms with Crippen LogP contribution in [0.15, 0.2) is 66.9 Å². The van der Waals surface area contributed by atoms with E-state index >= 15 is 0 Å². The van der Waals surface area contributed by atoms with Crippen LogP contribution >= 0.6 is 0 Å². The summed E-state index contributed by atoms with van der Waals surface area (Å²) in [6.45, 7) is 2.03. The summed E-state index contributed by atoms with van der Waals surface area (Å²) in [7, 11) is 0. The van der Waals surface area contributed by atoms with E-state index in [-0.39, 0.29) is 0 Å². The van der Waals surface area contributed by atoms with Gasteiger partial charge in [0.1, 0.15) is 5.82 Å². The lowest BCUT2D eigenvalue weighted by molar-refractivity contribution is 0.624. The predicted molar refractivity (Wildman–Crippen MR) is 90.4 cm³/mol. The Bertz CT molecular complexity index is 913. The summed E-state index contributed by atoms with van der Waals surface area (Å²) >= 11 is 0. The van der Waals surface area contributed by atoms with Crippen LogP contribution in [0, 0.1) is 24.1 Å². The summed E-state index contributed by atoms with van der Waals surface area (Å²) in [5.74, 6) is -0.394. The number of hydrogen-bond donors (Lipinski definition) is 0. The lowest BCUT2D eigenvalue weighted by atomic mass is 10.1. The molecular weight excluding hydrogens is 287 g/mol. The van der Waals surface area contributed by atoms with Crippen molar-refractivity contribution < 1.29 is 4.39 Å². The molecule has 0 N–H and O–H groups in total. The molecule has 0 radical (unpaired) electrons. The first-order valence-electron chi connectivity index (χ1n) is 7.30. The summed E-state index contributed by atoms with van der Waals surface area (Å²) in [4.78, 5) is 0. The Morgan fingerprint density at radius 3 is 2.65 bits per heavy atom. The highest BCUT2D eigenvalue weighted by molar-refractivity contribution is 5.89. The molecule has 3 rings (SSSR count). The Labute approximate surface area is 134 Å². The fraction of sp³-hybridized carbons (Fsp3) is 0.0500. The highest BCUT2D eigenvalue weighted by Gasteiger charge is 2.09. The lowest BCUT2D eigenvalue weighted by Gasteiger charge is -2.08. The van der Waals surface area contributed by atoms with E-state index in [1.54, 1.807) is 24.3 Å². The summed E-state index contributed by atoms with van der Waals surface area (Å²) in [6.07, 6.45) is 3.64. The number of nitriles is 1. The molecule has 0 bridgehead atoms. The van der Waals surface area contributed by atoms with Gasteiger partial charge in [-0.2, -0.15) is 5.26 Å². The minimum absolute atomic E-state index is 0.302. The van der Waals surface area contributed by atoms with Gasteiger partial charge >= 0.3 is 0 Å². The van der Waals surface area contributed by atoms with Crippen molar-refractivity contribution in [2.75, 3.05) is 0 Å². The normalized spacial score (nSPS) is 11.3. The lowest BCUT2D eigenvalue weighted by Crippen LogP contribution is -1.96. The Balaban J connectivity index is 2.08. The second kappa shape index (κ2) is 6.33. The number of benzene rings is 2. The molecule has 0 atom stereocenters. The minimum Gasteiger partial charge on any atom is -0.317 e. The van der Waals surface area contributed by atoms with Gasteiger partial charge in [-0.15, -0.1) is 0 Å². The van der Waals surface area contributed by atoms with Gasteiger partial charge in [-0.25, -0.2) is 4.39 Å². The number of hydrogen-bond acceptors (Lipinski definition) is 1. The van der Waals surface area contributed by atoms with Gasteiger partial charge in [-0.1, -0.05) is 30.3 Å². The quantitative estimate of drug-likeness (QED) is 0.627. The van der Waals surface area contributed by atoms with Gasteiger partial charge in [-0.3, -0.25) is 0 Å². The zero-order valence-electron chi connectivity index (χ0n) is 12.7. The van der Waals surface area contributed by atoms with E-state index in [4.69, 9.17) is 0 Å². The van der Waals surface area contributed by atoms with Crippen molar-refractivity contribution in [1.82, 2.24) is 4.57 Å². The third-order valence-corrected chi connectivity index (χ3v) is 3.64. The summed E-state index contributed by atoms with van der Waals surface area (Å²) in [5.41, 5.74) is 3.60. The third-order valence-electron chi connectivity index (χ3n) is 3.64. The molecule has 0 aliphatic heterocycles. The van der Waals surface area contributed by atoms with Crippen molar-refractivity contribution in [3.05, 3.63) is 89.5 Å². The predicted octanol–water partition coefficient (Wildman–Crippen LogP) is 4.99.